The van der Waals surface area contributed by atoms with Gasteiger partial charge in [-0.3, -0.25) is 0 Å². The van der Waals surface area contributed by atoms with Crippen LogP contribution in [0, 0.1) is 0 Å². The second-order valence-corrected chi connectivity index (χ2v) is 1.35. The van der Waals surface area contributed by atoms with E-state index in [4.69, 9.17) is 0 Å². The van der Waals surface area contributed by atoms with E-state index >= 15 is 0 Å². The molecule has 0 atom stereocenters. The van der Waals surface area contributed by atoms with E-state index in [1.807, 2.05) is 0 Å². The molecule has 0 radical (unpaired) electrons. The second-order valence-electron chi connectivity index (χ2n) is 1.35. The molecule has 0 aromatic carbocycles. The van der Waals surface area contributed by atoms with Gasteiger partial charge in [0.05, 0.1) is 0 Å². The Kier molecular flexibility index (Phi) is 205. The Balaban J connectivity index is -0.0000000125. The molecule has 0 amide bonds. The number of rotatable bonds is 3. The number of nitrogens with one attached hydrogen (secondary N) is 1. The summed E-state index contributed by atoms with van der Waals surface area (Å²) < 4.78 is 0. The van der Waals surface area contributed by atoms with Crippen molar-refractivity contribution >= 4 is 0 Å². The van der Waals surface area contributed by atoms with Gasteiger partial charge in [-0.05, 0) is 19.5 Å². The maximum absolute atomic E-state index is 3.20. The van der Waals surface area contributed by atoms with Gasteiger partial charge in [-0.15, -0.1) is 0 Å². The standard InChI is InChI=1S/C5H13N.5CH4/c1-3-5-6-4-2;;;;;/h6H,3-5H2,1-2H3;5*1H4. The summed E-state index contributed by atoms with van der Waals surface area (Å²) in [5, 5.41) is 3.20. The summed E-state index contributed by atoms with van der Waals surface area (Å²) in [5.74, 6) is 0. The van der Waals surface area contributed by atoms with E-state index in [-0.39, 0.29) is 37.1 Å². The monoisotopic (exact) mass is 167 g/mol. The fourth-order valence-electron chi connectivity index (χ4n) is 0.354. The molecule has 78 valence electrons. The molecular formula is C10H33N. The van der Waals surface area contributed by atoms with Crippen molar-refractivity contribution in [3.05, 3.63) is 0 Å². The van der Waals surface area contributed by atoms with Crippen molar-refractivity contribution in [2.75, 3.05) is 13.1 Å². The molecular weight excluding hydrogens is 134 g/mol. The first-order valence-corrected chi connectivity index (χ1v) is 2.62. The minimum Gasteiger partial charge on any atom is -0.317 e. The molecule has 0 unspecified atom stereocenters. The molecule has 0 aromatic heterocycles. The SMILES string of the molecule is C.C.C.C.C.CCCNCC. The summed E-state index contributed by atoms with van der Waals surface area (Å²) in [6.45, 7) is 6.56. The smallest absolute Gasteiger partial charge is 0.00517 e. The summed E-state index contributed by atoms with van der Waals surface area (Å²) in [5.41, 5.74) is 0. The summed E-state index contributed by atoms with van der Waals surface area (Å²) in [7, 11) is 0. The van der Waals surface area contributed by atoms with Crippen molar-refractivity contribution in [2.45, 2.75) is 57.4 Å². The molecule has 0 spiro atoms. The first-order valence-electron chi connectivity index (χ1n) is 2.62. The summed E-state index contributed by atoms with van der Waals surface area (Å²) in [6.07, 6.45) is 1.24. The first-order chi connectivity index (χ1) is 2.91. The lowest BCUT2D eigenvalue weighted by atomic mass is 10.5. The van der Waals surface area contributed by atoms with Gasteiger partial charge in [0.2, 0.25) is 0 Å². The van der Waals surface area contributed by atoms with Crippen LogP contribution in [0.2, 0.25) is 0 Å². The summed E-state index contributed by atoms with van der Waals surface area (Å²) >= 11 is 0. The fourth-order valence-corrected chi connectivity index (χ4v) is 0.354. The van der Waals surface area contributed by atoms with Crippen molar-refractivity contribution in [3.8, 4) is 0 Å². The zero-order chi connectivity index (χ0) is 4.83. The normalized spacial score (nSPS) is 4.91. The molecule has 1 heteroatoms. The highest BCUT2D eigenvalue weighted by Gasteiger charge is 1.71. The highest BCUT2D eigenvalue weighted by molar-refractivity contribution is 4.35. The van der Waals surface area contributed by atoms with Crippen LogP contribution in [-0.4, -0.2) is 13.1 Å². The number of hydrogen-bond donors (Lipinski definition) is 1. The van der Waals surface area contributed by atoms with E-state index in [2.05, 4.69) is 19.2 Å². The van der Waals surface area contributed by atoms with Crippen molar-refractivity contribution < 1.29 is 0 Å². The molecule has 11 heavy (non-hydrogen) atoms. The molecule has 0 aliphatic heterocycles. The maximum Gasteiger partial charge on any atom is -0.00517 e. The predicted molar refractivity (Wildman–Crippen MR) is 62.5 cm³/mol. The lowest BCUT2D eigenvalue weighted by Gasteiger charge is -1.91. The first kappa shape index (κ1) is 44.2. The Labute approximate surface area is 76.6 Å². The van der Waals surface area contributed by atoms with Crippen molar-refractivity contribution in [3.63, 3.8) is 0 Å². The molecule has 0 bridgehead atoms. The molecule has 0 heterocycles. The molecule has 0 fully saturated rings. The van der Waals surface area contributed by atoms with E-state index in [1.165, 1.54) is 6.42 Å². The van der Waals surface area contributed by atoms with Crippen LogP contribution >= 0.6 is 0 Å². The Hall–Kier alpha value is -0.0400. The topological polar surface area (TPSA) is 12.0 Å². The van der Waals surface area contributed by atoms with Gasteiger partial charge in [-0.2, -0.15) is 0 Å². The minimum atomic E-state index is 0. The third-order valence-electron chi connectivity index (χ3n) is 0.677. The van der Waals surface area contributed by atoms with Crippen LogP contribution < -0.4 is 5.32 Å². The van der Waals surface area contributed by atoms with Crippen molar-refractivity contribution in [1.82, 2.24) is 5.32 Å². The molecule has 0 rings (SSSR count). The highest BCUT2D eigenvalue weighted by Crippen LogP contribution is 1.65. The maximum atomic E-state index is 3.20. The Morgan fingerprint density at radius 1 is 0.818 bits per heavy atom. The molecule has 0 aromatic rings. The predicted octanol–water partition coefficient (Wildman–Crippen LogP) is 4.19. The average molecular weight is 167 g/mol. The van der Waals surface area contributed by atoms with Crippen LogP contribution in [0.15, 0.2) is 0 Å². The van der Waals surface area contributed by atoms with Crippen LogP contribution in [-0.2, 0) is 0 Å². The molecule has 0 aliphatic rings. The quantitative estimate of drug-likeness (QED) is 0.622. The zero-order valence-corrected chi connectivity index (χ0v) is 4.62. The second kappa shape index (κ2) is 51.0. The van der Waals surface area contributed by atoms with Crippen molar-refractivity contribution in [2.24, 2.45) is 0 Å². The van der Waals surface area contributed by atoms with Gasteiger partial charge in [-0.25, -0.2) is 0 Å². The fraction of sp³-hybridized carbons (Fsp3) is 1.00. The van der Waals surface area contributed by atoms with E-state index < -0.39 is 0 Å². The van der Waals surface area contributed by atoms with E-state index in [0.29, 0.717) is 0 Å². The summed E-state index contributed by atoms with van der Waals surface area (Å²) in [4.78, 5) is 0. The van der Waals surface area contributed by atoms with Gasteiger partial charge in [0.25, 0.3) is 0 Å². The highest BCUT2D eigenvalue weighted by atomic mass is 14.8. The van der Waals surface area contributed by atoms with Crippen LogP contribution in [0.4, 0.5) is 0 Å². The largest absolute Gasteiger partial charge is 0.317 e. The van der Waals surface area contributed by atoms with Crippen molar-refractivity contribution in [1.29, 1.82) is 0 Å². The van der Waals surface area contributed by atoms with Gasteiger partial charge in [0.15, 0.2) is 0 Å². The summed E-state index contributed by atoms with van der Waals surface area (Å²) in [6, 6.07) is 0. The molecule has 0 saturated carbocycles. The Morgan fingerprint density at radius 2 is 1.18 bits per heavy atom. The Morgan fingerprint density at radius 3 is 1.27 bits per heavy atom. The average Bonchev–Trinajstić information content (AvgIpc) is 1.61. The van der Waals surface area contributed by atoms with Crippen LogP contribution in [0.1, 0.15) is 57.4 Å². The number of hydrogen-bond acceptors (Lipinski definition) is 1. The van der Waals surface area contributed by atoms with Gasteiger partial charge in [0, 0.05) is 0 Å². The third-order valence-corrected chi connectivity index (χ3v) is 0.677. The van der Waals surface area contributed by atoms with E-state index in [0.717, 1.165) is 13.1 Å². The van der Waals surface area contributed by atoms with Gasteiger partial charge < -0.3 is 5.32 Å². The lowest BCUT2D eigenvalue weighted by Crippen LogP contribution is -2.12. The van der Waals surface area contributed by atoms with E-state index in [9.17, 15) is 0 Å². The Bertz CT molecular complexity index is 16.8. The van der Waals surface area contributed by atoms with Gasteiger partial charge in [-0.1, -0.05) is 51.0 Å². The lowest BCUT2D eigenvalue weighted by molar-refractivity contribution is 0.703. The minimum absolute atomic E-state index is 0. The third kappa shape index (κ3) is 72.0. The zero-order valence-electron chi connectivity index (χ0n) is 4.62. The van der Waals surface area contributed by atoms with Gasteiger partial charge >= 0.3 is 0 Å². The molecule has 0 saturated heterocycles. The van der Waals surface area contributed by atoms with Crippen LogP contribution in [0.3, 0.4) is 0 Å². The van der Waals surface area contributed by atoms with Crippen LogP contribution in [0.5, 0.6) is 0 Å². The molecule has 1 nitrogen and oxygen atoms in total. The molecule has 1 N–H and O–H groups in total. The molecule has 0 aliphatic carbocycles. The van der Waals surface area contributed by atoms with E-state index in [1.54, 1.807) is 0 Å². The van der Waals surface area contributed by atoms with Gasteiger partial charge in [0.1, 0.15) is 0 Å². The van der Waals surface area contributed by atoms with Crippen LogP contribution in [0.25, 0.3) is 0 Å².